The minimum atomic E-state index is -0.706. The molecule has 0 unspecified atom stereocenters. The third-order valence-corrected chi connectivity index (χ3v) is 4.56. The number of amides is 2. The fourth-order valence-corrected chi connectivity index (χ4v) is 2.95. The van der Waals surface area contributed by atoms with Crippen molar-refractivity contribution in [1.29, 1.82) is 0 Å². The van der Waals surface area contributed by atoms with Gasteiger partial charge in [-0.3, -0.25) is 9.59 Å². The van der Waals surface area contributed by atoms with Crippen LogP contribution in [0.5, 0.6) is 0 Å². The van der Waals surface area contributed by atoms with E-state index >= 15 is 0 Å². The van der Waals surface area contributed by atoms with Crippen molar-refractivity contribution in [2.75, 3.05) is 0 Å². The summed E-state index contributed by atoms with van der Waals surface area (Å²) in [5.74, 6) is -0.0725. The van der Waals surface area contributed by atoms with Crippen LogP contribution in [0.4, 0.5) is 0 Å². The summed E-state index contributed by atoms with van der Waals surface area (Å²) in [5.41, 5.74) is 0.858. The number of thiophene rings is 1. The van der Waals surface area contributed by atoms with E-state index in [1.54, 1.807) is 41.7 Å². The van der Waals surface area contributed by atoms with Crippen molar-refractivity contribution in [1.82, 2.24) is 10.6 Å². The van der Waals surface area contributed by atoms with E-state index in [0.717, 1.165) is 16.2 Å². The minimum absolute atomic E-state index is 0.151. The van der Waals surface area contributed by atoms with Crippen LogP contribution in [0.1, 0.15) is 11.3 Å². The molecule has 25 heavy (non-hydrogen) atoms. The lowest BCUT2D eigenvalue weighted by molar-refractivity contribution is -0.139. The van der Waals surface area contributed by atoms with Crippen molar-refractivity contribution < 1.29 is 14.0 Å². The Bertz CT molecular complexity index is 857. The molecule has 2 heterocycles. The molecule has 0 saturated carbocycles. The van der Waals surface area contributed by atoms with Gasteiger partial charge in [-0.1, -0.05) is 29.8 Å². The van der Waals surface area contributed by atoms with Gasteiger partial charge in [-0.25, -0.2) is 0 Å². The van der Waals surface area contributed by atoms with E-state index in [4.69, 9.17) is 16.0 Å². The van der Waals surface area contributed by atoms with E-state index in [1.807, 2.05) is 23.6 Å². The summed E-state index contributed by atoms with van der Waals surface area (Å²) in [6.07, 6.45) is 0. The molecular weight excluding hydrogens is 360 g/mol. The summed E-state index contributed by atoms with van der Waals surface area (Å²) >= 11 is 7.37. The number of hydrogen-bond acceptors (Lipinski definition) is 4. The molecule has 0 aliphatic rings. The first-order valence-corrected chi connectivity index (χ1v) is 8.80. The van der Waals surface area contributed by atoms with Crippen molar-refractivity contribution in [2.24, 2.45) is 0 Å². The van der Waals surface area contributed by atoms with Gasteiger partial charge in [0.2, 0.25) is 0 Å². The first-order chi connectivity index (χ1) is 12.1. The van der Waals surface area contributed by atoms with Gasteiger partial charge < -0.3 is 15.1 Å². The van der Waals surface area contributed by atoms with Crippen LogP contribution in [0.3, 0.4) is 0 Å². The normalized spacial score (nSPS) is 10.4. The first kappa shape index (κ1) is 17.3. The first-order valence-electron chi connectivity index (χ1n) is 7.55. The van der Waals surface area contributed by atoms with Gasteiger partial charge in [-0.05, 0) is 41.3 Å². The molecule has 3 rings (SSSR count). The van der Waals surface area contributed by atoms with E-state index in [2.05, 4.69) is 10.6 Å². The SMILES string of the molecule is O=C(NCc1ccc(Cl)cc1)C(=O)NCc1ccc(-c2cccs2)o1. The highest BCUT2D eigenvalue weighted by Gasteiger charge is 2.14. The van der Waals surface area contributed by atoms with Crippen LogP contribution in [-0.4, -0.2) is 11.8 Å². The number of carbonyl (C=O) groups excluding carboxylic acids is 2. The molecule has 0 fully saturated rings. The molecule has 0 radical (unpaired) electrons. The lowest BCUT2D eigenvalue weighted by atomic mass is 10.2. The van der Waals surface area contributed by atoms with Crippen molar-refractivity contribution in [3.63, 3.8) is 0 Å². The van der Waals surface area contributed by atoms with Gasteiger partial charge in [0, 0.05) is 11.6 Å². The van der Waals surface area contributed by atoms with Gasteiger partial charge in [0.25, 0.3) is 0 Å². The molecule has 0 bridgehead atoms. The molecule has 0 spiro atoms. The van der Waals surface area contributed by atoms with Crippen LogP contribution in [0.15, 0.2) is 58.3 Å². The molecule has 128 valence electrons. The van der Waals surface area contributed by atoms with Gasteiger partial charge in [0.1, 0.15) is 11.5 Å². The lowest BCUT2D eigenvalue weighted by Gasteiger charge is -2.06. The monoisotopic (exact) mass is 374 g/mol. The molecule has 0 saturated heterocycles. The topological polar surface area (TPSA) is 71.3 Å². The van der Waals surface area contributed by atoms with E-state index in [-0.39, 0.29) is 13.1 Å². The zero-order valence-electron chi connectivity index (χ0n) is 13.1. The summed E-state index contributed by atoms with van der Waals surface area (Å²) in [4.78, 5) is 24.7. The Morgan fingerprint density at radius 1 is 0.960 bits per heavy atom. The van der Waals surface area contributed by atoms with Crippen molar-refractivity contribution in [3.8, 4) is 10.6 Å². The molecule has 5 nitrogen and oxygen atoms in total. The smallest absolute Gasteiger partial charge is 0.309 e. The highest BCUT2D eigenvalue weighted by Crippen LogP contribution is 2.26. The number of carbonyl (C=O) groups is 2. The number of halogens is 1. The van der Waals surface area contributed by atoms with Crippen LogP contribution in [0, 0.1) is 0 Å². The fraction of sp³-hybridized carbons (Fsp3) is 0.111. The number of furan rings is 1. The summed E-state index contributed by atoms with van der Waals surface area (Å²) in [7, 11) is 0. The van der Waals surface area contributed by atoms with Gasteiger partial charge in [0.05, 0.1) is 11.4 Å². The van der Waals surface area contributed by atoms with Crippen LogP contribution in [-0.2, 0) is 22.7 Å². The van der Waals surface area contributed by atoms with Gasteiger partial charge in [0.15, 0.2) is 0 Å². The van der Waals surface area contributed by atoms with Crippen molar-refractivity contribution in [2.45, 2.75) is 13.1 Å². The Morgan fingerprint density at radius 3 is 2.36 bits per heavy atom. The molecule has 0 atom stereocenters. The second-order valence-corrected chi connectivity index (χ2v) is 6.62. The number of rotatable bonds is 5. The zero-order valence-corrected chi connectivity index (χ0v) is 14.7. The molecule has 3 aromatic rings. The van der Waals surface area contributed by atoms with Gasteiger partial charge in [-0.15, -0.1) is 11.3 Å². The Kier molecular flexibility index (Phi) is 5.53. The number of hydrogen-bond donors (Lipinski definition) is 2. The minimum Gasteiger partial charge on any atom is -0.458 e. The number of benzene rings is 1. The summed E-state index contributed by atoms with van der Waals surface area (Å²) in [5, 5.41) is 7.68. The third-order valence-electron chi connectivity index (χ3n) is 3.42. The van der Waals surface area contributed by atoms with Crippen LogP contribution >= 0.6 is 22.9 Å². The highest BCUT2D eigenvalue weighted by atomic mass is 35.5. The van der Waals surface area contributed by atoms with Crippen molar-refractivity contribution >= 4 is 34.8 Å². The second kappa shape index (κ2) is 8.00. The van der Waals surface area contributed by atoms with E-state index in [9.17, 15) is 9.59 Å². The average molecular weight is 375 g/mol. The largest absolute Gasteiger partial charge is 0.458 e. The van der Waals surface area contributed by atoms with Crippen LogP contribution in [0.25, 0.3) is 10.6 Å². The Balaban J connectivity index is 1.47. The lowest BCUT2D eigenvalue weighted by Crippen LogP contribution is -2.39. The Hall–Kier alpha value is -2.57. The van der Waals surface area contributed by atoms with Gasteiger partial charge in [-0.2, -0.15) is 0 Å². The van der Waals surface area contributed by atoms with Crippen molar-refractivity contribution in [3.05, 3.63) is 70.3 Å². The predicted octanol–water partition coefficient (Wildman–Crippen LogP) is 3.59. The molecule has 7 heteroatoms. The molecule has 2 N–H and O–H groups in total. The number of nitrogens with one attached hydrogen (secondary N) is 2. The molecule has 0 aliphatic heterocycles. The Labute approximate surface area is 153 Å². The molecular formula is C18H15ClN2O3S. The molecule has 1 aromatic carbocycles. The summed E-state index contributed by atoms with van der Waals surface area (Å²) in [6, 6.07) is 14.5. The second-order valence-electron chi connectivity index (χ2n) is 5.24. The average Bonchev–Trinajstić information content (AvgIpc) is 3.30. The molecule has 2 amide bonds. The van der Waals surface area contributed by atoms with Crippen LogP contribution in [0.2, 0.25) is 5.02 Å². The van der Waals surface area contributed by atoms with Gasteiger partial charge >= 0.3 is 11.8 Å². The molecule has 0 aliphatic carbocycles. The maximum atomic E-state index is 11.8. The zero-order chi connectivity index (χ0) is 17.6. The highest BCUT2D eigenvalue weighted by molar-refractivity contribution is 7.13. The predicted molar refractivity (Wildman–Crippen MR) is 97.2 cm³/mol. The summed E-state index contributed by atoms with van der Waals surface area (Å²) in [6.45, 7) is 0.408. The van der Waals surface area contributed by atoms with Crippen LogP contribution < -0.4 is 10.6 Å². The quantitative estimate of drug-likeness (QED) is 0.670. The maximum absolute atomic E-state index is 11.8. The standard InChI is InChI=1S/C18H15ClN2O3S/c19-13-5-3-12(4-6-13)10-20-17(22)18(23)21-11-14-7-8-15(24-14)16-2-1-9-25-16/h1-9H,10-11H2,(H,20,22)(H,21,23). The fourth-order valence-electron chi connectivity index (χ4n) is 2.14. The maximum Gasteiger partial charge on any atom is 0.309 e. The summed E-state index contributed by atoms with van der Waals surface area (Å²) < 4.78 is 5.65. The van der Waals surface area contributed by atoms with E-state index in [1.165, 1.54) is 0 Å². The Morgan fingerprint density at radius 2 is 1.68 bits per heavy atom. The van der Waals surface area contributed by atoms with E-state index in [0.29, 0.717) is 10.8 Å². The van der Waals surface area contributed by atoms with E-state index < -0.39 is 11.8 Å². The third kappa shape index (κ3) is 4.71. The molecule has 2 aromatic heterocycles.